The number of benzene rings is 5. The van der Waals surface area contributed by atoms with Crippen LogP contribution < -0.4 is 18.9 Å². The van der Waals surface area contributed by atoms with Crippen molar-refractivity contribution < 1.29 is 43.9 Å². The first-order valence-electron chi connectivity index (χ1n) is 17.7. The van der Waals surface area contributed by atoms with Crippen molar-refractivity contribution in [3.63, 3.8) is 0 Å². The number of aliphatic carboxylic acids is 2. The number of ether oxygens (including phenoxy) is 4. The van der Waals surface area contributed by atoms with Gasteiger partial charge in [0.05, 0.1) is 11.0 Å². The number of aromatic nitrogens is 2. The van der Waals surface area contributed by atoms with E-state index in [-0.39, 0.29) is 5.75 Å². The van der Waals surface area contributed by atoms with Gasteiger partial charge in [0.1, 0.15) is 28.7 Å². The largest absolute Gasteiger partial charge is 0.508 e. The van der Waals surface area contributed by atoms with E-state index in [0.29, 0.717) is 29.0 Å². The van der Waals surface area contributed by atoms with Crippen LogP contribution in [0.5, 0.6) is 40.5 Å². The first kappa shape index (κ1) is 40.1. The Labute approximate surface area is 324 Å². The van der Waals surface area contributed by atoms with Gasteiger partial charge < -0.3 is 34.3 Å². The highest BCUT2D eigenvalue weighted by Gasteiger charge is 2.13. The molecule has 3 N–H and O–H groups in total. The van der Waals surface area contributed by atoms with E-state index in [2.05, 4.69) is 42.0 Å². The van der Waals surface area contributed by atoms with Crippen LogP contribution in [0.15, 0.2) is 133 Å². The molecule has 11 heteroatoms. The van der Waals surface area contributed by atoms with E-state index in [1.165, 1.54) is 49.2 Å². The second-order valence-corrected chi connectivity index (χ2v) is 12.9. The first-order valence-corrected chi connectivity index (χ1v) is 17.7. The van der Waals surface area contributed by atoms with Gasteiger partial charge in [0.25, 0.3) is 0 Å². The molecule has 7 rings (SSSR count). The molecule has 2 aromatic heterocycles. The fourth-order valence-corrected chi connectivity index (χ4v) is 5.00. The van der Waals surface area contributed by atoms with Gasteiger partial charge in [-0.05, 0) is 131 Å². The predicted octanol–water partition coefficient (Wildman–Crippen LogP) is 10.1. The molecule has 0 aliphatic heterocycles. The van der Waals surface area contributed by atoms with Crippen LogP contribution in [0, 0.1) is 20.8 Å². The number of pyridine rings is 2. The second kappa shape index (κ2) is 18.8. The van der Waals surface area contributed by atoms with E-state index in [0.717, 1.165) is 33.1 Å². The maximum absolute atomic E-state index is 10.8. The molecule has 0 saturated heterocycles. The van der Waals surface area contributed by atoms with Gasteiger partial charge in [-0.3, -0.25) is 0 Å². The molecule has 2 unspecified atom stereocenters. The fraction of sp³-hybridized carbons (Fsp3) is 0.156. The van der Waals surface area contributed by atoms with Crippen molar-refractivity contribution in [2.45, 2.75) is 46.8 Å². The van der Waals surface area contributed by atoms with Gasteiger partial charge >= 0.3 is 11.9 Å². The van der Waals surface area contributed by atoms with E-state index in [1.54, 1.807) is 24.3 Å². The highest BCUT2D eigenvalue weighted by molar-refractivity contribution is 5.80. The lowest BCUT2D eigenvalue weighted by Gasteiger charge is -2.11. The van der Waals surface area contributed by atoms with E-state index < -0.39 is 24.1 Å². The number of hydrogen-bond acceptors (Lipinski definition) is 9. The number of hydrogen-bond donors (Lipinski definition) is 3. The third kappa shape index (κ3) is 11.9. The summed E-state index contributed by atoms with van der Waals surface area (Å²) in [5.41, 5.74) is 5.40. The Kier molecular flexibility index (Phi) is 13.4. The third-order valence-electron chi connectivity index (χ3n) is 8.09. The average Bonchev–Trinajstić information content (AvgIpc) is 3.17. The first-order chi connectivity index (χ1) is 26.8. The van der Waals surface area contributed by atoms with Crippen LogP contribution in [0.2, 0.25) is 0 Å². The smallest absolute Gasteiger partial charge is 0.344 e. The summed E-state index contributed by atoms with van der Waals surface area (Å²) >= 11 is 0. The van der Waals surface area contributed by atoms with Crippen molar-refractivity contribution >= 4 is 33.7 Å². The molecular weight excluding hydrogens is 713 g/mol. The molecule has 286 valence electrons. The van der Waals surface area contributed by atoms with Crippen LogP contribution in [0.3, 0.4) is 0 Å². The second-order valence-electron chi connectivity index (χ2n) is 12.9. The molecule has 0 amide bonds. The molecule has 2 heterocycles. The number of carboxylic acid groups (broad SMARTS) is 2. The molecular formula is C45H42N2O9. The highest BCUT2D eigenvalue weighted by atomic mass is 16.5. The maximum atomic E-state index is 10.8. The highest BCUT2D eigenvalue weighted by Crippen LogP contribution is 2.26. The van der Waals surface area contributed by atoms with E-state index >= 15 is 0 Å². The zero-order valence-electron chi connectivity index (χ0n) is 31.5. The molecule has 11 nitrogen and oxygen atoms in total. The third-order valence-corrected chi connectivity index (χ3v) is 8.09. The van der Waals surface area contributed by atoms with Crippen LogP contribution in [-0.4, -0.2) is 49.4 Å². The van der Waals surface area contributed by atoms with Crippen molar-refractivity contribution in [3.8, 4) is 40.5 Å². The number of phenolic OH excluding ortho intramolecular Hbond substituents is 1. The average molecular weight is 755 g/mol. The Morgan fingerprint density at radius 1 is 0.482 bits per heavy atom. The van der Waals surface area contributed by atoms with Crippen molar-refractivity contribution in [1.82, 2.24) is 9.97 Å². The number of aromatic hydroxyl groups is 1. The van der Waals surface area contributed by atoms with Crippen LogP contribution >= 0.6 is 0 Å². The Hall–Kier alpha value is -7.14. The Balaban J connectivity index is 0.000000168. The summed E-state index contributed by atoms with van der Waals surface area (Å²) in [5.74, 6) is 1.53. The number of aryl methyl sites for hydroxylation is 3. The van der Waals surface area contributed by atoms with E-state index in [1.807, 2.05) is 73.7 Å². The van der Waals surface area contributed by atoms with Gasteiger partial charge in [-0.15, -0.1) is 0 Å². The number of carboxylic acids is 2. The van der Waals surface area contributed by atoms with Gasteiger partial charge in [-0.25, -0.2) is 19.6 Å². The van der Waals surface area contributed by atoms with Crippen LogP contribution in [0.25, 0.3) is 21.8 Å². The van der Waals surface area contributed by atoms with Gasteiger partial charge in [0.15, 0.2) is 12.2 Å². The van der Waals surface area contributed by atoms with Gasteiger partial charge in [-0.2, -0.15) is 0 Å². The summed E-state index contributed by atoms with van der Waals surface area (Å²) < 4.78 is 21.8. The number of phenols is 1. The molecule has 0 bridgehead atoms. The quantitative estimate of drug-likeness (QED) is 0.122. The number of nitrogens with zero attached hydrogens (tertiary/aromatic N) is 2. The number of fused-ring (bicyclic) bond motifs is 2. The number of carbonyl (C=O) groups is 2. The van der Waals surface area contributed by atoms with Crippen molar-refractivity contribution in [3.05, 3.63) is 150 Å². The van der Waals surface area contributed by atoms with Crippen LogP contribution in [-0.2, 0) is 9.59 Å². The molecule has 2 atom stereocenters. The lowest BCUT2D eigenvalue weighted by molar-refractivity contribution is -0.145. The van der Waals surface area contributed by atoms with Crippen LogP contribution in [0.1, 0.15) is 30.5 Å². The molecule has 5 aromatic carbocycles. The van der Waals surface area contributed by atoms with Gasteiger partial charge in [0, 0.05) is 22.9 Å². The molecule has 7 aromatic rings. The normalized spacial score (nSPS) is 11.5. The lowest BCUT2D eigenvalue weighted by Crippen LogP contribution is -2.22. The molecule has 0 radical (unpaired) electrons. The SMILES string of the molecule is CC(Oc1ccc(O)cc1)C(=O)O.Cc1ccc(Oc2ccc3ccc(C)cc3n2)cc1.Cc1ccc2ccc(Oc3ccc(OC(C)C(=O)O)cc3)nc2c1. The Morgan fingerprint density at radius 3 is 1.23 bits per heavy atom. The van der Waals surface area contributed by atoms with Crippen molar-refractivity contribution in [1.29, 1.82) is 0 Å². The Morgan fingerprint density at radius 2 is 0.821 bits per heavy atom. The minimum absolute atomic E-state index is 0.121. The maximum Gasteiger partial charge on any atom is 0.344 e. The summed E-state index contributed by atoms with van der Waals surface area (Å²) in [5, 5.41) is 28.5. The summed E-state index contributed by atoms with van der Waals surface area (Å²) in [6.07, 6.45) is -1.79. The zero-order valence-corrected chi connectivity index (χ0v) is 31.5. The summed E-state index contributed by atoms with van der Waals surface area (Å²) in [4.78, 5) is 30.2. The summed E-state index contributed by atoms with van der Waals surface area (Å²) in [7, 11) is 0. The van der Waals surface area contributed by atoms with Crippen LogP contribution in [0.4, 0.5) is 0 Å². The molecule has 0 aliphatic rings. The standard InChI is InChI=1S/C19H17NO4.C17H15NO.C9H10O4/c1-12-3-4-14-5-10-18(20-17(14)11-12)24-16-8-6-15(7-9-16)23-13(2)19(21)22;1-12-4-8-15(9-5-12)19-17-10-7-14-6-3-13(2)11-16(14)18-17;1-6(9(11)12)13-8-4-2-7(10)3-5-8/h3-11,13H,1-2H3,(H,21,22);3-11H,1-2H3;2-6,10H,1H3,(H,11,12). The molecule has 56 heavy (non-hydrogen) atoms. The van der Waals surface area contributed by atoms with E-state index in [4.69, 9.17) is 34.3 Å². The fourth-order valence-electron chi connectivity index (χ4n) is 5.00. The zero-order chi connectivity index (χ0) is 40.2. The minimum Gasteiger partial charge on any atom is -0.508 e. The summed E-state index contributed by atoms with van der Waals surface area (Å²) in [6.45, 7) is 9.06. The topological polar surface area (TPSA) is 158 Å². The minimum atomic E-state index is -1.02. The van der Waals surface area contributed by atoms with Gasteiger partial charge in [-0.1, -0.05) is 42.0 Å². The van der Waals surface area contributed by atoms with Crippen molar-refractivity contribution in [2.75, 3.05) is 0 Å². The molecule has 0 aliphatic carbocycles. The molecule has 0 spiro atoms. The van der Waals surface area contributed by atoms with Crippen molar-refractivity contribution in [2.24, 2.45) is 0 Å². The monoisotopic (exact) mass is 754 g/mol. The molecule has 0 fully saturated rings. The number of rotatable bonds is 10. The molecule has 0 saturated carbocycles. The van der Waals surface area contributed by atoms with E-state index in [9.17, 15) is 9.59 Å². The predicted molar refractivity (Wildman–Crippen MR) is 214 cm³/mol. The lowest BCUT2D eigenvalue weighted by atomic mass is 10.1. The summed E-state index contributed by atoms with van der Waals surface area (Å²) in [6, 6.07) is 40.6. The Bertz CT molecular complexity index is 2400. The van der Waals surface area contributed by atoms with Gasteiger partial charge in [0.2, 0.25) is 11.8 Å².